The standard InChI is InChI=1S/C22H25FO5/c1-2-26-18-5-3-14(4-6-18)7-15-8-20-16(9-21(15)23)13-27-22(20)11-17(25)10-19(12-24)28-22/h3-6,8-9,17,19,24-25H,2,7,10-13H2,1H3/t17?,19?,22-/m1/s1. The van der Waals surface area contributed by atoms with Gasteiger partial charge in [-0.3, -0.25) is 0 Å². The maximum atomic E-state index is 14.7. The second-order valence-corrected chi connectivity index (χ2v) is 7.41. The van der Waals surface area contributed by atoms with E-state index in [1.807, 2.05) is 31.2 Å². The molecule has 1 spiro atoms. The van der Waals surface area contributed by atoms with Crippen molar-refractivity contribution in [3.8, 4) is 5.75 Å². The molecule has 0 aromatic heterocycles. The van der Waals surface area contributed by atoms with E-state index in [1.54, 1.807) is 6.07 Å². The van der Waals surface area contributed by atoms with Crippen molar-refractivity contribution in [1.82, 2.24) is 0 Å². The Balaban J connectivity index is 1.63. The number of rotatable bonds is 5. The number of aliphatic hydroxyl groups excluding tert-OH is 2. The van der Waals surface area contributed by atoms with E-state index in [0.29, 0.717) is 25.0 Å². The van der Waals surface area contributed by atoms with Crippen LogP contribution in [0.2, 0.25) is 0 Å². The van der Waals surface area contributed by atoms with Crippen molar-refractivity contribution in [3.63, 3.8) is 0 Å². The topological polar surface area (TPSA) is 68.2 Å². The summed E-state index contributed by atoms with van der Waals surface area (Å²) in [5.74, 6) is -0.627. The third kappa shape index (κ3) is 3.65. The fraction of sp³-hybridized carbons (Fsp3) is 0.455. The summed E-state index contributed by atoms with van der Waals surface area (Å²) in [6.45, 7) is 2.55. The van der Waals surface area contributed by atoms with E-state index in [9.17, 15) is 14.6 Å². The lowest BCUT2D eigenvalue weighted by molar-refractivity contribution is -0.302. The molecular formula is C22H25FO5. The average Bonchev–Trinajstić information content (AvgIpc) is 2.99. The average molecular weight is 388 g/mol. The van der Waals surface area contributed by atoms with Gasteiger partial charge in [0.25, 0.3) is 0 Å². The predicted molar refractivity (Wildman–Crippen MR) is 100 cm³/mol. The Morgan fingerprint density at radius 1 is 1.25 bits per heavy atom. The lowest BCUT2D eigenvalue weighted by Crippen LogP contribution is -2.45. The van der Waals surface area contributed by atoms with Gasteiger partial charge in [0.2, 0.25) is 0 Å². The van der Waals surface area contributed by atoms with Gasteiger partial charge in [0.1, 0.15) is 11.6 Å². The van der Waals surface area contributed by atoms with Crippen LogP contribution in [0, 0.1) is 5.82 Å². The molecule has 2 aromatic rings. The Kier molecular flexibility index (Phi) is 5.38. The Morgan fingerprint density at radius 2 is 2.04 bits per heavy atom. The van der Waals surface area contributed by atoms with E-state index in [-0.39, 0.29) is 25.5 Å². The first-order valence-electron chi connectivity index (χ1n) is 9.67. The van der Waals surface area contributed by atoms with E-state index in [2.05, 4.69) is 0 Å². The Labute approximate surface area is 163 Å². The smallest absolute Gasteiger partial charge is 0.198 e. The first kappa shape index (κ1) is 19.3. The molecule has 4 rings (SSSR count). The highest BCUT2D eigenvalue weighted by molar-refractivity contribution is 5.41. The van der Waals surface area contributed by atoms with Crippen LogP contribution < -0.4 is 4.74 Å². The summed E-state index contributed by atoms with van der Waals surface area (Å²) in [6.07, 6.45) is -0.0965. The van der Waals surface area contributed by atoms with E-state index < -0.39 is 18.0 Å². The molecule has 150 valence electrons. The van der Waals surface area contributed by atoms with Crippen LogP contribution in [0.25, 0.3) is 0 Å². The number of hydrogen-bond donors (Lipinski definition) is 2. The molecule has 0 radical (unpaired) electrons. The van der Waals surface area contributed by atoms with Crippen LogP contribution in [0.5, 0.6) is 5.75 Å². The number of fused-ring (bicyclic) bond motifs is 2. The predicted octanol–water partition coefficient (Wildman–Crippen LogP) is 3.03. The summed E-state index contributed by atoms with van der Waals surface area (Å²) in [4.78, 5) is 0. The molecule has 2 aliphatic rings. The van der Waals surface area contributed by atoms with E-state index in [1.165, 1.54) is 6.07 Å². The van der Waals surface area contributed by atoms with E-state index in [4.69, 9.17) is 14.2 Å². The Morgan fingerprint density at radius 3 is 2.75 bits per heavy atom. The summed E-state index contributed by atoms with van der Waals surface area (Å²) >= 11 is 0. The van der Waals surface area contributed by atoms with Gasteiger partial charge in [0, 0.05) is 24.8 Å². The van der Waals surface area contributed by atoms with Gasteiger partial charge in [0.15, 0.2) is 5.79 Å². The number of hydrogen-bond acceptors (Lipinski definition) is 5. The second-order valence-electron chi connectivity index (χ2n) is 7.41. The van der Waals surface area contributed by atoms with Crippen molar-refractivity contribution in [2.24, 2.45) is 0 Å². The van der Waals surface area contributed by atoms with Crippen LogP contribution in [-0.4, -0.2) is 35.6 Å². The van der Waals surface area contributed by atoms with Gasteiger partial charge in [-0.15, -0.1) is 0 Å². The van der Waals surface area contributed by atoms with Crippen LogP contribution >= 0.6 is 0 Å². The number of ether oxygens (including phenoxy) is 3. The summed E-state index contributed by atoms with van der Waals surface area (Å²) in [6, 6.07) is 10.9. The third-order valence-corrected chi connectivity index (χ3v) is 5.37. The molecule has 2 unspecified atom stereocenters. The molecule has 0 saturated carbocycles. The molecule has 1 fully saturated rings. The van der Waals surface area contributed by atoms with Gasteiger partial charge in [0.05, 0.1) is 32.0 Å². The minimum Gasteiger partial charge on any atom is -0.494 e. The minimum absolute atomic E-state index is 0.197. The fourth-order valence-corrected chi connectivity index (χ4v) is 4.07. The molecule has 5 nitrogen and oxygen atoms in total. The zero-order valence-electron chi connectivity index (χ0n) is 15.9. The molecule has 0 amide bonds. The molecule has 2 N–H and O–H groups in total. The summed E-state index contributed by atoms with van der Waals surface area (Å²) in [7, 11) is 0. The van der Waals surface area contributed by atoms with Crippen LogP contribution in [0.4, 0.5) is 4.39 Å². The number of benzene rings is 2. The maximum Gasteiger partial charge on any atom is 0.198 e. The zero-order chi connectivity index (χ0) is 19.7. The normalized spacial score (nSPS) is 26.4. The molecule has 6 heteroatoms. The highest BCUT2D eigenvalue weighted by Gasteiger charge is 2.48. The molecular weight excluding hydrogens is 363 g/mol. The van der Waals surface area contributed by atoms with Crippen LogP contribution in [0.3, 0.4) is 0 Å². The van der Waals surface area contributed by atoms with E-state index in [0.717, 1.165) is 22.4 Å². The lowest BCUT2D eigenvalue weighted by atomic mass is 9.89. The second kappa shape index (κ2) is 7.79. The van der Waals surface area contributed by atoms with Crippen LogP contribution in [-0.2, 0) is 28.3 Å². The van der Waals surface area contributed by atoms with Crippen molar-refractivity contribution >= 4 is 0 Å². The monoisotopic (exact) mass is 388 g/mol. The summed E-state index contributed by atoms with van der Waals surface area (Å²) in [5, 5.41) is 19.7. The van der Waals surface area contributed by atoms with Crippen molar-refractivity contribution in [2.75, 3.05) is 13.2 Å². The highest BCUT2D eigenvalue weighted by Crippen LogP contribution is 2.46. The first-order chi connectivity index (χ1) is 13.5. The zero-order valence-corrected chi connectivity index (χ0v) is 15.9. The highest BCUT2D eigenvalue weighted by atomic mass is 19.1. The molecule has 2 aromatic carbocycles. The molecule has 0 bridgehead atoms. The van der Waals surface area contributed by atoms with Crippen molar-refractivity contribution < 1.29 is 28.8 Å². The Bertz CT molecular complexity index is 838. The van der Waals surface area contributed by atoms with Crippen LogP contribution in [0.15, 0.2) is 36.4 Å². The molecule has 0 aliphatic carbocycles. The van der Waals surface area contributed by atoms with E-state index >= 15 is 0 Å². The van der Waals surface area contributed by atoms with Crippen LogP contribution in [0.1, 0.15) is 42.0 Å². The maximum absolute atomic E-state index is 14.7. The molecule has 28 heavy (non-hydrogen) atoms. The van der Waals surface area contributed by atoms with Crippen molar-refractivity contribution in [3.05, 3.63) is 64.5 Å². The fourth-order valence-electron chi connectivity index (χ4n) is 4.07. The third-order valence-electron chi connectivity index (χ3n) is 5.37. The minimum atomic E-state index is -1.12. The van der Waals surface area contributed by atoms with Gasteiger partial charge >= 0.3 is 0 Å². The summed E-state index contributed by atoms with van der Waals surface area (Å²) in [5.41, 5.74) is 2.97. The first-order valence-corrected chi connectivity index (χ1v) is 9.67. The van der Waals surface area contributed by atoms with Gasteiger partial charge in [-0.25, -0.2) is 4.39 Å². The van der Waals surface area contributed by atoms with Crippen molar-refractivity contribution in [1.29, 1.82) is 0 Å². The Hall–Kier alpha value is -1.99. The molecule has 1 saturated heterocycles. The number of halogens is 1. The van der Waals surface area contributed by atoms with Gasteiger partial charge < -0.3 is 24.4 Å². The van der Waals surface area contributed by atoms with Crippen molar-refractivity contribution in [2.45, 2.75) is 50.8 Å². The van der Waals surface area contributed by atoms with Gasteiger partial charge in [-0.05, 0) is 47.9 Å². The van der Waals surface area contributed by atoms with Gasteiger partial charge in [-0.1, -0.05) is 12.1 Å². The molecule has 2 aliphatic heterocycles. The molecule has 3 atom stereocenters. The SMILES string of the molecule is CCOc1ccc(Cc2cc3c(cc2F)CO[C@@]32CC(O)CC(CO)O2)cc1. The largest absolute Gasteiger partial charge is 0.494 e. The van der Waals surface area contributed by atoms with Gasteiger partial charge in [-0.2, -0.15) is 0 Å². The lowest BCUT2D eigenvalue weighted by Gasteiger charge is -2.40. The number of aliphatic hydroxyl groups is 2. The summed E-state index contributed by atoms with van der Waals surface area (Å²) < 4.78 is 32.0. The molecule has 2 heterocycles. The quantitative estimate of drug-likeness (QED) is 0.824.